The second-order valence-corrected chi connectivity index (χ2v) is 5.72. The summed E-state index contributed by atoms with van der Waals surface area (Å²) in [6, 6.07) is 13.3. The van der Waals surface area contributed by atoms with Gasteiger partial charge < -0.3 is 0 Å². The van der Waals surface area contributed by atoms with Crippen molar-refractivity contribution < 1.29 is 12.8 Å². The second-order valence-electron chi connectivity index (χ2n) is 3.75. The fraction of sp³-hybridized carbons (Fsp3) is 0. The van der Waals surface area contributed by atoms with Gasteiger partial charge in [-0.3, -0.25) is 0 Å². The molecule has 2 aromatic carbocycles. The summed E-state index contributed by atoms with van der Waals surface area (Å²) in [5.74, 6) is -0.473. The Hall–Kier alpha value is -1.94. The van der Waals surface area contributed by atoms with Gasteiger partial charge in [0.2, 0.25) is 9.84 Å². The number of hydrogen-bond acceptors (Lipinski definition) is 2. The van der Waals surface area contributed by atoms with E-state index in [2.05, 4.69) is 6.58 Å². The van der Waals surface area contributed by atoms with Gasteiger partial charge in [-0.05, 0) is 29.8 Å². The number of rotatable bonds is 3. The summed E-state index contributed by atoms with van der Waals surface area (Å²) in [4.78, 5) is 0.0486. The van der Waals surface area contributed by atoms with E-state index in [9.17, 15) is 12.8 Å². The predicted octanol–water partition coefficient (Wildman–Crippen LogP) is 3.27. The van der Waals surface area contributed by atoms with Gasteiger partial charge in [-0.2, -0.15) is 0 Å². The van der Waals surface area contributed by atoms with E-state index in [0.29, 0.717) is 5.56 Å². The molecule has 18 heavy (non-hydrogen) atoms. The Kier molecular flexibility index (Phi) is 3.30. The first kappa shape index (κ1) is 12.5. The highest BCUT2D eigenvalue weighted by molar-refractivity contribution is 8.00. The largest absolute Gasteiger partial charge is 0.219 e. The highest BCUT2D eigenvalue weighted by atomic mass is 32.2. The average molecular weight is 262 g/mol. The standard InChI is InChI=1S/C14H11FO2S/c1-11(12-5-3-2-4-6-12)18(16,17)14-9-7-13(15)8-10-14/h2-10H,1H2. The zero-order chi connectivity index (χ0) is 13.2. The van der Waals surface area contributed by atoms with E-state index in [4.69, 9.17) is 0 Å². The van der Waals surface area contributed by atoms with Gasteiger partial charge in [0.15, 0.2) is 0 Å². The lowest BCUT2D eigenvalue weighted by atomic mass is 10.2. The minimum absolute atomic E-state index is 0.00899. The maximum absolute atomic E-state index is 12.8. The fourth-order valence-corrected chi connectivity index (χ4v) is 2.76. The van der Waals surface area contributed by atoms with E-state index in [0.717, 1.165) is 12.1 Å². The van der Waals surface area contributed by atoms with Crippen LogP contribution in [0, 0.1) is 5.82 Å². The Morgan fingerprint density at radius 2 is 1.50 bits per heavy atom. The molecule has 0 aromatic heterocycles. The summed E-state index contributed by atoms with van der Waals surface area (Å²) in [5, 5.41) is 0. The topological polar surface area (TPSA) is 34.1 Å². The lowest BCUT2D eigenvalue weighted by Crippen LogP contribution is -2.03. The molecular formula is C14H11FO2S. The van der Waals surface area contributed by atoms with Crippen molar-refractivity contribution in [1.82, 2.24) is 0 Å². The number of sulfone groups is 1. The van der Waals surface area contributed by atoms with Crippen molar-refractivity contribution in [3.8, 4) is 0 Å². The number of benzene rings is 2. The smallest absolute Gasteiger partial charge is 0.206 e. The third-order valence-corrected chi connectivity index (χ3v) is 4.32. The summed E-state index contributed by atoms with van der Waals surface area (Å²) in [6.45, 7) is 3.61. The van der Waals surface area contributed by atoms with Crippen LogP contribution in [0.5, 0.6) is 0 Å². The normalized spacial score (nSPS) is 11.2. The van der Waals surface area contributed by atoms with Crippen LogP contribution in [0.4, 0.5) is 4.39 Å². The molecule has 0 amide bonds. The van der Waals surface area contributed by atoms with E-state index in [1.807, 2.05) is 0 Å². The highest BCUT2D eigenvalue weighted by Gasteiger charge is 2.19. The molecule has 0 atom stereocenters. The van der Waals surface area contributed by atoms with E-state index in [1.54, 1.807) is 30.3 Å². The highest BCUT2D eigenvalue weighted by Crippen LogP contribution is 2.26. The molecule has 0 saturated carbocycles. The minimum atomic E-state index is -3.67. The van der Waals surface area contributed by atoms with Crippen molar-refractivity contribution >= 4 is 14.7 Å². The van der Waals surface area contributed by atoms with Crippen molar-refractivity contribution in [2.45, 2.75) is 4.90 Å². The van der Waals surface area contributed by atoms with Crippen molar-refractivity contribution in [2.24, 2.45) is 0 Å². The van der Waals surface area contributed by atoms with Crippen molar-refractivity contribution in [3.05, 3.63) is 72.6 Å². The Bertz CT molecular complexity index is 659. The van der Waals surface area contributed by atoms with E-state index >= 15 is 0 Å². The zero-order valence-electron chi connectivity index (χ0n) is 9.51. The third-order valence-electron chi connectivity index (χ3n) is 2.54. The first-order valence-electron chi connectivity index (χ1n) is 5.27. The van der Waals surface area contributed by atoms with Crippen LogP contribution in [0.25, 0.3) is 4.91 Å². The molecule has 0 N–H and O–H groups in total. The van der Waals surface area contributed by atoms with Crippen LogP contribution in [0.15, 0.2) is 66.1 Å². The van der Waals surface area contributed by atoms with Gasteiger partial charge in [0, 0.05) is 0 Å². The van der Waals surface area contributed by atoms with Gasteiger partial charge in [0.05, 0.1) is 9.80 Å². The van der Waals surface area contributed by atoms with Crippen LogP contribution in [0.1, 0.15) is 5.56 Å². The minimum Gasteiger partial charge on any atom is -0.219 e. The molecule has 4 heteroatoms. The first-order chi connectivity index (χ1) is 8.51. The summed E-state index contributed by atoms with van der Waals surface area (Å²) >= 11 is 0. The van der Waals surface area contributed by atoms with Crippen LogP contribution >= 0.6 is 0 Å². The van der Waals surface area contributed by atoms with E-state index in [-0.39, 0.29) is 9.80 Å². The van der Waals surface area contributed by atoms with Crippen LogP contribution in [-0.4, -0.2) is 8.42 Å². The second kappa shape index (κ2) is 4.74. The molecule has 0 aliphatic carbocycles. The van der Waals surface area contributed by atoms with Crippen LogP contribution in [0.3, 0.4) is 0 Å². The zero-order valence-corrected chi connectivity index (χ0v) is 10.3. The lowest BCUT2D eigenvalue weighted by molar-refractivity contribution is 0.604. The van der Waals surface area contributed by atoms with Gasteiger partial charge in [-0.15, -0.1) is 0 Å². The monoisotopic (exact) mass is 262 g/mol. The molecule has 2 rings (SSSR count). The van der Waals surface area contributed by atoms with Crippen LogP contribution in [0.2, 0.25) is 0 Å². The molecule has 0 aliphatic rings. The van der Waals surface area contributed by atoms with Crippen LogP contribution in [-0.2, 0) is 9.84 Å². The summed E-state index contributed by atoms with van der Waals surface area (Å²) in [5.41, 5.74) is 0.529. The maximum Gasteiger partial charge on any atom is 0.206 e. The van der Waals surface area contributed by atoms with Gasteiger partial charge in [-0.25, -0.2) is 12.8 Å². The molecule has 0 heterocycles. The third kappa shape index (κ3) is 2.33. The lowest BCUT2D eigenvalue weighted by Gasteiger charge is -2.07. The molecule has 0 spiro atoms. The van der Waals surface area contributed by atoms with E-state index < -0.39 is 15.7 Å². The molecule has 2 aromatic rings. The average Bonchev–Trinajstić information content (AvgIpc) is 2.39. The quantitative estimate of drug-likeness (QED) is 0.795. The van der Waals surface area contributed by atoms with E-state index in [1.165, 1.54) is 12.1 Å². The maximum atomic E-state index is 12.8. The Morgan fingerprint density at radius 1 is 0.944 bits per heavy atom. The molecule has 0 radical (unpaired) electrons. The summed E-state index contributed by atoms with van der Waals surface area (Å²) in [6.07, 6.45) is 0. The number of halogens is 1. The van der Waals surface area contributed by atoms with Crippen molar-refractivity contribution in [3.63, 3.8) is 0 Å². The molecule has 0 saturated heterocycles. The van der Waals surface area contributed by atoms with Crippen molar-refractivity contribution in [1.29, 1.82) is 0 Å². The predicted molar refractivity (Wildman–Crippen MR) is 69.1 cm³/mol. The molecule has 0 bridgehead atoms. The van der Waals surface area contributed by atoms with Crippen LogP contribution < -0.4 is 0 Å². The SMILES string of the molecule is C=C(c1ccccc1)S(=O)(=O)c1ccc(F)cc1. The number of hydrogen-bond donors (Lipinski definition) is 0. The Labute approximate surface area is 105 Å². The summed E-state index contributed by atoms with van der Waals surface area (Å²) < 4.78 is 37.2. The molecule has 0 aliphatic heterocycles. The van der Waals surface area contributed by atoms with Gasteiger partial charge in [0.1, 0.15) is 5.82 Å². The van der Waals surface area contributed by atoms with Gasteiger partial charge in [0.25, 0.3) is 0 Å². The van der Waals surface area contributed by atoms with Gasteiger partial charge >= 0.3 is 0 Å². The molecule has 0 fully saturated rings. The molecule has 2 nitrogen and oxygen atoms in total. The van der Waals surface area contributed by atoms with Gasteiger partial charge in [-0.1, -0.05) is 36.9 Å². The Morgan fingerprint density at radius 3 is 2.06 bits per heavy atom. The molecule has 92 valence electrons. The van der Waals surface area contributed by atoms with Crippen molar-refractivity contribution in [2.75, 3.05) is 0 Å². The summed E-state index contributed by atoms with van der Waals surface area (Å²) in [7, 11) is -3.67. The Balaban J connectivity index is 2.44. The molecular weight excluding hydrogens is 251 g/mol. The molecule has 0 unspecified atom stereocenters. The first-order valence-corrected chi connectivity index (χ1v) is 6.75. The fourth-order valence-electron chi connectivity index (χ4n) is 1.54.